The molecule has 5 nitrogen and oxygen atoms in total. The number of para-hydroxylation sites is 1. The Hall–Kier alpha value is -3.38. The lowest BCUT2D eigenvalue weighted by atomic mass is 10.1. The molecule has 4 rings (SSSR count). The largest absolute Gasteiger partial charge is 0.496 e. The fourth-order valence-electron chi connectivity index (χ4n) is 3.35. The van der Waals surface area contributed by atoms with Crippen molar-refractivity contribution in [1.29, 1.82) is 0 Å². The van der Waals surface area contributed by atoms with Crippen LogP contribution in [0.2, 0.25) is 0 Å². The van der Waals surface area contributed by atoms with Crippen LogP contribution in [-0.2, 0) is 13.0 Å². The first-order valence-corrected chi connectivity index (χ1v) is 10.7. The number of nitrogens with zero attached hydrogens (tertiary/aromatic N) is 2. The lowest BCUT2D eigenvalue weighted by Gasteiger charge is -2.09. The van der Waals surface area contributed by atoms with E-state index >= 15 is 0 Å². The molecule has 0 saturated heterocycles. The summed E-state index contributed by atoms with van der Waals surface area (Å²) in [6.45, 7) is 1.14. The summed E-state index contributed by atoms with van der Waals surface area (Å²) in [5.41, 5.74) is 3.52. The number of hydrogen-bond donors (Lipinski definition) is 1. The predicted octanol–water partition coefficient (Wildman–Crippen LogP) is 4.64. The number of rotatable bonds is 8. The minimum absolute atomic E-state index is 0.118. The highest BCUT2D eigenvalue weighted by Gasteiger charge is 2.18. The van der Waals surface area contributed by atoms with E-state index in [4.69, 9.17) is 9.84 Å². The van der Waals surface area contributed by atoms with Gasteiger partial charge in [-0.2, -0.15) is 5.10 Å². The zero-order chi connectivity index (χ0) is 20.8. The lowest BCUT2D eigenvalue weighted by Crippen LogP contribution is -2.26. The monoisotopic (exact) mass is 417 g/mol. The van der Waals surface area contributed by atoms with Crippen LogP contribution in [0, 0.1) is 0 Å². The lowest BCUT2D eigenvalue weighted by molar-refractivity contribution is 0.0954. The molecular formula is C24H23N3O2S. The predicted molar refractivity (Wildman–Crippen MR) is 120 cm³/mol. The third-order valence-corrected chi connectivity index (χ3v) is 5.70. The van der Waals surface area contributed by atoms with Crippen molar-refractivity contribution in [3.63, 3.8) is 0 Å². The Balaban J connectivity index is 1.50. The second-order valence-corrected chi connectivity index (χ2v) is 7.82. The molecule has 152 valence electrons. The molecule has 0 radical (unpaired) electrons. The molecule has 0 atom stereocenters. The van der Waals surface area contributed by atoms with E-state index in [-0.39, 0.29) is 5.91 Å². The smallest absolute Gasteiger partial charge is 0.255 e. The fourth-order valence-corrected chi connectivity index (χ4v) is 4.07. The van der Waals surface area contributed by atoms with Gasteiger partial charge in [-0.05, 0) is 35.1 Å². The van der Waals surface area contributed by atoms with Gasteiger partial charge in [0.25, 0.3) is 5.91 Å². The van der Waals surface area contributed by atoms with Crippen molar-refractivity contribution in [3.05, 3.63) is 95.0 Å². The number of carbonyl (C=O) groups is 1. The maximum absolute atomic E-state index is 13.0. The van der Waals surface area contributed by atoms with Crippen molar-refractivity contribution in [1.82, 2.24) is 15.1 Å². The number of nitrogens with one attached hydrogen (secondary N) is 1. The molecule has 4 aromatic rings. The van der Waals surface area contributed by atoms with E-state index in [1.165, 1.54) is 0 Å². The first kappa shape index (κ1) is 19.9. The number of carbonyl (C=O) groups excluding carboxylic acids is 1. The summed E-state index contributed by atoms with van der Waals surface area (Å²) in [4.78, 5) is 14.0. The van der Waals surface area contributed by atoms with Gasteiger partial charge in [0.2, 0.25) is 0 Å². The van der Waals surface area contributed by atoms with Crippen molar-refractivity contribution in [3.8, 4) is 16.3 Å². The topological polar surface area (TPSA) is 56.1 Å². The van der Waals surface area contributed by atoms with Gasteiger partial charge >= 0.3 is 0 Å². The summed E-state index contributed by atoms with van der Waals surface area (Å²) in [6.07, 6.45) is 2.53. The average Bonchev–Trinajstić information content (AvgIpc) is 3.45. The van der Waals surface area contributed by atoms with Crippen LogP contribution in [-0.4, -0.2) is 29.3 Å². The van der Waals surface area contributed by atoms with Crippen LogP contribution < -0.4 is 10.1 Å². The molecule has 1 amide bonds. The minimum Gasteiger partial charge on any atom is -0.496 e. The maximum Gasteiger partial charge on any atom is 0.255 e. The zero-order valence-electron chi connectivity index (χ0n) is 16.7. The minimum atomic E-state index is -0.118. The van der Waals surface area contributed by atoms with Gasteiger partial charge in [-0.3, -0.25) is 9.48 Å². The Labute approximate surface area is 179 Å². The van der Waals surface area contributed by atoms with Crippen LogP contribution in [0.1, 0.15) is 21.5 Å². The van der Waals surface area contributed by atoms with Crippen LogP contribution >= 0.6 is 11.3 Å². The van der Waals surface area contributed by atoms with Gasteiger partial charge in [0.15, 0.2) is 0 Å². The zero-order valence-corrected chi connectivity index (χ0v) is 17.6. The molecule has 30 heavy (non-hydrogen) atoms. The van der Waals surface area contributed by atoms with Crippen LogP contribution in [0.25, 0.3) is 10.6 Å². The molecule has 0 spiro atoms. The van der Waals surface area contributed by atoms with E-state index in [1.54, 1.807) is 18.4 Å². The van der Waals surface area contributed by atoms with Gasteiger partial charge < -0.3 is 10.1 Å². The van der Waals surface area contributed by atoms with Crippen LogP contribution in [0.4, 0.5) is 0 Å². The molecule has 0 fully saturated rings. The van der Waals surface area contributed by atoms with E-state index in [2.05, 4.69) is 17.4 Å². The van der Waals surface area contributed by atoms with Gasteiger partial charge in [0.1, 0.15) is 11.4 Å². The second-order valence-electron chi connectivity index (χ2n) is 6.87. The molecular weight excluding hydrogens is 394 g/mol. The molecule has 0 aliphatic carbocycles. The van der Waals surface area contributed by atoms with Crippen LogP contribution in [0.15, 0.2) is 78.3 Å². The van der Waals surface area contributed by atoms with Crippen molar-refractivity contribution in [2.75, 3.05) is 13.7 Å². The Kier molecular flexibility index (Phi) is 6.25. The number of aromatic nitrogens is 2. The van der Waals surface area contributed by atoms with E-state index in [0.29, 0.717) is 25.1 Å². The molecule has 2 aromatic carbocycles. The summed E-state index contributed by atoms with van der Waals surface area (Å²) in [7, 11) is 1.66. The van der Waals surface area contributed by atoms with Crippen molar-refractivity contribution >= 4 is 17.2 Å². The summed E-state index contributed by atoms with van der Waals surface area (Å²) in [5, 5.41) is 9.74. The Bertz CT molecular complexity index is 1100. The Morgan fingerprint density at radius 2 is 1.87 bits per heavy atom. The SMILES string of the molecule is COc1ccccc1CCNC(=O)c1cn(Cc2ccccc2)nc1-c1cccs1. The number of ether oxygens (including phenoxy) is 1. The standard InChI is InChI=1S/C24H23N3O2S/c1-29-21-11-6-5-10-19(21)13-14-25-24(28)20-17-27(16-18-8-3-2-4-9-18)26-23(20)22-12-7-15-30-22/h2-12,15,17H,13-14,16H2,1H3,(H,25,28). The summed E-state index contributed by atoms with van der Waals surface area (Å²) >= 11 is 1.58. The fraction of sp³-hybridized carbons (Fsp3) is 0.167. The number of benzene rings is 2. The highest BCUT2D eigenvalue weighted by atomic mass is 32.1. The molecule has 1 N–H and O–H groups in total. The third kappa shape index (κ3) is 4.60. The van der Waals surface area contributed by atoms with Crippen LogP contribution in [0.3, 0.4) is 0 Å². The first-order chi connectivity index (χ1) is 14.7. The first-order valence-electron chi connectivity index (χ1n) is 9.80. The van der Waals surface area contributed by atoms with Gasteiger partial charge in [-0.1, -0.05) is 54.6 Å². The van der Waals surface area contributed by atoms with Gasteiger partial charge in [0, 0.05) is 12.7 Å². The van der Waals surface area contributed by atoms with E-state index < -0.39 is 0 Å². The maximum atomic E-state index is 13.0. The quantitative estimate of drug-likeness (QED) is 0.454. The van der Waals surface area contributed by atoms with Crippen molar-refractivity contribution in [2.24, 2.45) is 0 Å². The normalized spacial score (nSPS) is 10.7. The summed E-state index contributed by atoms with van der Waals surface area (Å²) < 4.78 is 7.22. The van der Waals surface area contributed by atoms with Gasteiger partial charge in [0.05, 0.1) is 24.1 Å². The van der Waals surface area contributed by atoms with Gasteiger partial charge in [-0.25, -0.2) is 0 Å². The number of methoxy groups -OCH3 is 1. The van der Waals surface area contributed by atoms with E-state index in [1.807, 2.05) is 70.9 Å². The molecule has 0 aliphatic heterocycles. The molecule has 0 unspecified atom stereocenters. The summed E-state index contributed by atoms with van der Waals surface area (Å²) in [5.74, 6) is 0.717. The number of hydrogen-bond acceptors (Lipinski definition) is 4. The second kappa shape index (κ2) is 9.41. The molecule has 2 aromatic heterocycles. The molecule has 6 heteroatoms. The van der Waals surface area contributed by atoms with Crippen LogP contribution in [0.5, 0.6) is 5.75 Å². The van der Waals surface area contributed by atoms with E-state index in [0.717, 1.165) is 27.4 Å². The van der Waals surface area contributed by atoms with Crippen molar-refractivity contribution < 1.29 is 9.53 Å². The Morgan fingerprint density at radius 1 is 1.07 bits per heavy atom. The molecule has 0 aliphatic rings. The number of amides is 1. The summed E-state index contributed by atoms with van der Waals surface area (Å²) in [6, 6.07) is 21.9. The van der Waals surface area contributed by atoms with E-state index in [9.17, 15) is 4.79 Å². The average molecular weight is 418 g/mol. The number of thiophene rings is 1. The van der Waals surface area contributed by atoms with Gasteiger partial charge in [-0.15, -0.1) is 11.3 Å². The molecule has 0 bridgehead atoms. The van der Waals surface area contributed by atoms with Crippen molar-refractivity contribution in [2.45, 2.75) is 13.0 Å². The molecule has 0 saturated carbocycles. The highest BCUT2D eigenvalue weighted by Crippen LogP contribution is 2.27. The highest BCUT2D eigenvalue weighted by molar-refractivity contribution is 7.13. The third-order valence-electron chi connectivity index (χ3n) is 4.82. The Morgan fingerprint density at radius 3 is 2.63 bits per heavy atom. The molecule has 2 heterocycles.